The molecule has 0 bridgehead atoms. The van der Waals surface area contributed by atoms with Gasteiger partial charge in [0.25, 0.3) is 5.89 Å². The molecule has 0 spiro atoms. The number of hydrogen-bond donors (Lipinski definition) is 0. The minimum Gasteiger partial charge on any atom is -0.497 e. The molecule has 2 aromatic heterocycles. The van der Waals surface area contributed by atoms with Crippen LogP contribution in [0, 0.1) is 5.82 Å². The van der Waals surface area contributed by atoms with E-state index < -0.39 is 10.0 Å². The molecular weight excluding hydrogens is 477 g/mol. The lowest BCUT2D eigenvalue weighted by Crippen LogP contribution is -2.36. The van der Waals surface area contributed by atoms with Crippen LogP contribution in [0.15, 0.2) is 51.8 Å². The summed E-state index contributed by atoms with van der Waals surface area (Å²) in [5.41, 5.74) is 2.52. The van der Waals surface area contributed by atoms with Crippen LogP contribution in [0.3, 0.4) is 0 Å². The van der Waals surface area contributed by atoms with E-state index in [-0.39, 0.29) is 41.3 Å². The molecule has 2 aromatic carbocycles. The molecule has 0 fully saturated rings. The summed E-state index contributed by atoms with van der Waals surface area (Å²) in [6, 6.07) is 10.3. The normalized spacial score (nSPS) is 14.1. The van der Waals surface area contributed by atoms with Crippen molar-refractivity contribution in [3.05, 3.63) is 59.5 Å². The van der Waals surface area contributed by atoms with Gasteiger partial charge in [-0.3, -0.25) is 4.68 Å². The zero-order chi connectivity index (χ0) is 24.7. The molecule has 10 nitrogen and oxygen atoms in total. The number of aromatic nitrogens is 4. The highest BCUT2D eigenvalue weighted by atomic mass is 32.2. The number of methoxy groups -OCH3 is 2. The molecule has 0 saturated heterocycles. The van der Waals surface area contributed by atoms with Crippen molar-refractivity contribution in [1.82, 2.24) is 24.3 Å². The van der Waals surface area contributed by atoms with Crippen LogP contribution in [0.2, 0.25) is 0 Å². The lowest BCUT2D eigenvalue weighted by atomic mass is 10.1. The van der Waals surface area contributed by atoms with Crippen LogP contribution in [-0.2, 0) is 30.0 Å². The Morgan fingerprint density at radius 1 is 1.03 bits per heavy atom. The van der Waals surface area contributed by atoms with Gasteiger partial charge in [0.2, 0.25) is 15.9 Å². The fourth-order valence-electron chi connectivity index (χ4n) is 4.10. The molecule has 5 rings (SSSR count). The maximum atomic E-state index is 13.6. The SMILES string of the molecule is COc1ccc(OC)c(S(=O)(=O)N2CCc3c(c(-c4nnc(-c5ccc(F)cc5)o4)nn3C)C2)c1. The van der Waals surface area contributed by atoms with Gasteiger partial charge < -0.3 is 13.9 Å². The summed E-state index contributed by atoms with van der Waals surface area (Å²) in [4.78, 5) is 0.0182. The third-order valence-corrected chi connectivity index (χ3v) is 7.78. The maximum Gasteiger partial charge on any atom is 0.268 e. The molecule has 4 aromatic rings. The van der Waals surface area contributed by atoms with E-state index in [9.17, 15) is 12.8 Å². The Balaban J connectivity index is 1.50. The number of aryl methyl sites for hydroxylation is 1. The number of benzene rings is 2. The summed E-state index contributed by atoms with van der Waals surface area (Å²) in [5, 5.41) is 12.7. The third-order valence-electron chi connectivity index (χ3n) is 5.91. The smallest absolute Gasteiger partial charge is 0.268 e. The number of fused-ring (bicyclic) bond motifs is 1. The number of nitrogens with zero attached hydrogens (tertiary/aromatic N) is 5. The van der Waals surface area contributed by atoms with E-state index in [1.54, 1.807) is 23.9 Å². The molecule has 3 heterocycles. The first-order valence-corrected chi connectivity index (χ1v) is 12.1. The van der Waals surface area contributed by atoms with E-state index >= 15 is 0 Å². The van der Waals surface area contributed by atoms with Crippen LogP contribution >= 0.6 is 0 Å². The molecular formula is C23H22FN5O5S. The van der Waals surface area contributed by atoms with Crippen molar-refractivity contribution in [2.24, 2.45) is 7.05 Å². The van der Waals surface area contributed by atoms with Gasteiger partial charge >= 0.3 is 0 Å². The van der Waals surface area contributed by atoms with Gasteiger partial charge in [0.05, 0.1) is 14.2 Å². The second kappa shape index (κ2) is 8.78. The Morgan fingerprint density at radius 2 is 1.77 bits per heavy atom. The summed E-state index contributed by atoms with van der Waals surface area (Å²) in [6.07, 6.45) is 0.448. The maximum absolute atomic E-state index is 13.6. The van der Waals surface area contributed by atoms with Crippen molar-refractivity contribution >= 4 is 10.0 Å². The predicted octanol–water partition coefficient (Wildman–Crippen LogP) is 3.04. The molecule has 0 saturated carbocycles. The first-order valence-electron chi connectivity index (χ1n) is 10.7. The van der Waals surface area contributed by atoms with Gasteiger partial charge in [-0.25, -0.2) is 12.8 Å². The Morgan fingerprint density at radius 3 is 2.49 bits per heavy atom. The highest BCUT2D eigenvalue weighted by Gasteiger charge is 2.35. The summed E-state index contributed by atoms with van der Waals surface area (Å²) in [6.45, 7) is 0.328. The van der Waals surface area contributed by atoms with Gasteiger partial charge in [-0.2, -0.15) is 9.40 Å². The fraction of sp³-hybridized carbons (Fsp3) is 0.261. The molecule has 0 atom stereocenters. The molecule has 1 aliphatic rings. The molecule has 1 aliphatic heterocycles. The van der Waals surface area contributed by atoms with E-state index in [1.165, 1.54) is 48.9 Å². The average molecular weight is 500 g/mol. The van der Waals surface area contributed by atoms with Gasteiger partial charge in [0.1, 0.15) is 22.2 Å². The van der Waals surface area contributed by atoms with Crippen LogP contribution in [0.1, 0.15) is 11.3 Å². The van der Waals surface area contributed by atoms with Crippen molar-refractivity contribution in [1.29, 1.82) is 0 Å². The second-order valence-electron chi connectivity index (χ2n) is 7.92. The monoisotopic (exact) mass is 499 g/mol. The predicted molar refractivity (Wildman–Crippen MR) is 123 cm³/mol. The summed E-state index contributed by atoms with van der Waals surface area (Å²) < 4.78 is 59.9. The molecule has 182 valence electrons. The zero-order valence-corrected chi connectivity index (χ0v) is 20.0. The van der Waals surface area contributed by atoms with E-state index in [2.05, 4.69) is 15.3 Å². The van der Waals surface area contributed by atoms with Crippen LogP contribution < -0.4 is 9.47 Å². The minimum absolute atomic E-state index is 0.0182. The summed E-state index contributed by atoms with van der Waals surface area (Å²) in [7, 11) is 0.753. The van der Waals surface area contributed by atoms with Crippen LogP contribution in [0.25, 0.3) is 23.0 Å². The number of hydrogen-bond acceptors (Lipinski definition) is 8. The molecule has 12 heteroatoms. The van der Waals surface area contributed by atoms with E-state index in [1.807, 2.05) is 0 Å². The fourth-order valence-corrected chi connectivity index (χ4v) is 5.68. The Bertz CT molecular complexity index is 1500. The quantitative estimate of drug-likeness (QED) is 0.398. The van der Waals surface area contributed by atoms with Gasteiger partial charge in [-0.1, -0.05) is 0 Å². The molecule has 0 radical (unpaired) electrons. The van der Waals surface area contributed by atoms with Gasteiger partial charge in [0, 0.05) is 49.4 Å². The molecule has 35 heavy (non-hydrogen) atoms. The Hall–Kier alpha value is -3.77. The van der Waals surface area contributed by atoms with Crippen LogP contribution in [-0.4, -0.2) is 53.5 Å². The zero-order valence-electron chi connectivity index (χ0n) is 19.2. The standard InChI is InChI=1S/C23H22FN5O5S/c1-28-18-10-11-29(35(30,31)20-12-16(32-2)8-9-19(20)33-3)13-17(18)21(27-28)23-26-25-22(34-23)14-4-6-15(24)7-5-14/h4-9,12H,10-11,13H2,1-3H3. The van der Waals surface area contributed by atoms with E-state index in [4.69, 9.17) is 13.9 Å². The highest BCUT2D eigenvalue weighted by Crippen LogP contribution is 2.36. The average Bonchev–Trinajstić information content (AvgIpc) is 3.48. The second-order valence-corrected chi connectivity index (χ2v) is 9.83. The Labute approximate surface area is 201 Å². The summed E-state index contributed by atoms with van der Waals surface area (Å²) in [5.74, 6) is 0.619. The Kier molecular flexibility index (Phi) is 5.77. The number of ether oxygens (including phenoxy) is 2. The first-order chi connectivity index (χ1) is 16.8. The van der Waals surface area contributed by atoms with Gasteiger partial charge in [0.15, 0.2) is 5.69 Å². The number of sulfonamides is 1. The molecule has 0 N–H and O–H groups in total. The van der Waals surface area contributed by atoms with Crippen molar-refractivity contribution in [3.8, 4) is 34.5 Å². The van der Waals surface area contributed by atoms with Gasteiger partial charge in [-0.05, 0) is 36.4 Å². The first kappa shape index (κ1) is 23.0. The lowest BCUT2D eigenvalue weighted by molar-refractivity contribution is 0.371. The van der Waals surface area contributed by atoms with Crippen molar-refractivity contribution < 1.29 is 26.7 Å². The number of halogens is 1. The molecule has 0 amide bonds. The van der Waals surface area contributed by atoms with Crippen LogP contribution in [0.4, 0.5) is 4.39 Å². The third kappa shape index (κ3) is 4.04. The van der Waals surface area contributed by atoms with E-state index in [0.29, 0.717) is 29.0 Å². The van der Waals surface area contributed by atoms with Crippen molar-refractivity contribution in [3.63, 3.8) is 0 Å². The van der Waals surface area contributed by atoms with Crippen LogP contribution in [0.5, 0.6) is 11.5 Å². The lowest BCUT2D eigenvalue weighted by Gasteiger charge is -2.27. The van der Waals surface area contributed by atoms with E-state index in [0.717, 1.165) is 5.69 Å². The molecule has 0 unspecified atom stereocenters. The highest BCUT2D eigenvalue weighted by molar-refractivity contribution is 7.89. The minimum atomic E-state index is -3.92. The molecule has 0 aliphatic carbocycles. The number of rotatable bonds is 6. The van der Waals surface area contributed by atoms with Gasteiger partial charge in [-0.15, -0.1) is 10.2 Å². The largest absolute Gasteiger partial charge is 0.497 e. The van der Waals surface area contributed by atoms with Crippen molar-refractivity contribution in [2.45, 2.75) is 17.9 Å². The topological polar surface area (TPSA) is 113 Å². The van der Waals surface area contributed by atoms with Crippen molar-refractivity contribution in [2.75, 3.05) is 20.8 Å². The summed E-state index contributed by atoms with van der Waals surface area (Å²) >= 11 is 0.